The summed E-state index contributed by atoms with van der Waals surface area (Å²) in [5.41, 5.74) is 3.89. The molecule has 0 unspecified atom stereocenters. The van der Waals surface area contributed by atoms with E-state index in [1.807, 2.05) is 0 Å². The third kappa shape index (κ3) is 6.84. The van der Waals surface area contributed by atoms with Crippen molar-refractivity contribution in [3.63, 3.8) is 0 Å². The van der Waals surface area contributed by atoms with Crippen molar-refractivity contribution in [2.24, 2.45) is 9.96 Å². The number of nitrogens with zero attached hydrogens (tertiary/aromatic N) is 2. The first-order valence-corrected chi connectivity index (χ1v) is 10.3. The highest BCUT2D eigenvalue weighted by atomic mass is 31.1. The van der Waals surface area contributed by atoms with Gasteiger partial charge in [-0.05, 0) is 39.9 Å². The molecule has 5 heteroatoms. The van der Waals surface area contributed by atoms with Crippen LogP contribution < -0.4 is 5.30 Å². The van der Waals surface area contributed by atoms with Crippen LogP contribution in [0.1, 0.15) is 85.9 Å². The first-order chi connectivity index (χ1) is 12.2. The van der Waals surface area contributed by atoms with Crippen LogP contribution in [0.25, 0.3) is 0 Å². The summed E-state index contributed by atoms with van der Waals surface area (Å²) < 4.78 is 4.85. The third-order valence-electron chi connectivity index (χ3n) is 4.24. The van der Waals surface area contributed by atoms with Crippen molar-refractivity contribution < 1.29 is 9.53 Å². The van der Waals surface area contributed by atoms with Crippen molar-refractivity contribution in [2.75, 3.05) is 6.61 Å². The largest absolute Gasteiger partial charge is 0.462 e. The summed E-state index contributed by atoms with van der Waals surface area (Å²) in [7, 11) is 0.738. The molecule has 0 radical (unpaired) electrons. The minimum atomic E-state index is -0.466. The molecule has 0 saturated carbocycles. The van der Waals surface area contributed by atoms with Gasteiger partial charge in [-0.25, -0.2) is 4.79 Å². The smallest absolute Gasteiger partial charge is 0.351 e. The van der Waals surface area contributed by atoms with Gasteiger partial charge in [0, 0.05) is 5.30 Å². The van der Waals surface area contributed by atoms with E-state index in [-0.39, 0.29) is 16.2 Å². The molecule has 0 aliphatic carbocycles. The summed E-state index contributed by atoms with van der Waals surface area (Å²) in [6.45, 7) is 22.2. The van der Waals surface area contributed by atoms with Crippen LogP contribution in [-0.2, 0) is 25.8 Å². The van der Waals surface area contributed by atoms with E-state index < -0.39 is 5.97 Å². The summed E-state index contributed by atoms with van der Waals surface area (Å²) >= 11 is 0. The topological polar surface area (TPSA) is 51.0 Å². The summed E-state index contributed by atoms with van der Waals surface area (Å²) in [4.78, 5) is 15.7. The summed E-state index contributed by atoms with van der Waals surface area (Å²) in [6, 6.07) is 4.62. The van der Waals surface area contributed by atoms with Crippen molar-refractivity contribution >= 4 is 25.9 Å². The van der Waals surface area contributed by atoms with E-state index in [1.165, 1.54) is 22.0 Å². The molecule has 27 heavy (non-hydrogen) atoms. The van der Waals surface area contributed by atoms with Gasteiger partial charge in [0.05, 0.1) is 15.0 Å². The van der Waals surface area contributed by atoms with Crippen LogP contribution >= 0.6 is 8.37 Å². The maximum Gasteiger partial charge on any atom is 0.351 e. The molecule has 0 fully saturated rings. The zero-order valence-corrected chi connectivity index (χ0v) is 19.5. The van der Waals surface area contributed by atoms with Gasteiger partial charge in [0.2, 0.25) is 0 Å². The Hall–Kier alpha value is -1.54. The average molecular weight is 391 g/mol. The van der Waals surface area contributed by atoms with E-state index in [0.717, 1.165) is 14.6 Å². The molecule has 0 aliphatic heterocycles. The first-order valence-electron chi connectivity index (χ1n) is 9.48. The highest BCUT2D eigenvalue weighted by molar-refractivity contribution is 7.37. The molecule has 0 spiro atoms. The van der Waals surface area contributed by atoms with Crippen LogP contribution in [0.15, 0.2) is 22.1 Å². The molecule has 0 bridgehead atoms. The summed E-state index contributed by atoms with van der Waals surface area (Å²) in [6.07, 6.45) is 1.13. The van der Waals surface area contributed by atoms with Gasteiger partial charge in [-0.3, -0.25) is 0 Å². The van der Waals surface area contributed by atoms with Gasteiger partial charge in [0.15, 0.2) is 0 Å². The van der Waals surface area contributed by atoms with E-state index in [9.17, 15) is 4.79 Å². The number of ether oxygens (including phenoxy) is 1. The number of carbonyl (C=O) groups excluding carboxylic acids is 1. The second-order valence-electron chi connectivity index (χ2n) is 9.86. The maximum absolute atomic E-state index is 11.4. The number of hydrogen-bond donors (Lipinski definition) is 0. The van der Waals surface area contributed by atoms with Gasteiger partial charge in [-0.2, -0.15) is 0 Å². The Bertz CT molecular complexity index is 695. The van der Waals surface area contributed by atoms with Gasteiger partial charge in [-0.15, -0.1) is 9.96 Å². The Morgan fingerprint density at radius 1 is 0.963 bits per heavy atom. The molecule has 0 amide bonds. The number of esters is 1. The van der Waals surface area contributed by atoms with E-state index in [2.05, 4.69) is 84.4 Å². The number of rotatable bonds is 4. The van der Waals surface area contributed by atoms with Crippen molar-refractivity contribution in [1.82, 2.24) is 0 Å². The SMILES string of the molecule is CCOC(=O)/C=N/N=Pc1c(C(C)(C)C)cc(C(C)(C)C)cc1C(C)(C)C. The van der Waals surface area contributed by atoms with Crippen molar-refractivity contribution in [1.29, 1.82) is 0 Å². The molecule has 1 aromatic rings. The van der Waals surface area contributed by atoms with Crippen molar-refractivity contribution in [2.45, 2.75) is 85.5 Å². The van der Waals surface area contributed by atoms with Gasteiger partial charge in [0.25, 0.3) is 0 Å². The fourth-order valence-corrected chi connectivity index (χ4v) is 3.85. The molecular formula is C22H35N2O2P. The zero-order valence-electron chi connectivity index (χ0n) is 18.6. The monoisotopic (exact) mass is 390 g/mol. The number of benzene rings is 1. The first kappa shape index (κ1) is 23.5. The van der Waals surface area contributed by atoms with Crippen LogP contribution in [-0.4, -0.2) is 18.8 Å². The lowest BCUT2D eigenvalue weighted by Gasteiger charge is -2.32. The van der Waals surface area contributed by atoms with Crippen molar-refractivity contribution in [3.05, 3.63) is 28.8 Å². The Kier molecular flexibility index (Phi) is 7.52. The molecule has 0 atom stereocenters. The lowest BCUT2D eigenvalue weighted by Crippen LogP contribution is -2.29. The Labute approximate surface area is 166 Å². The molecule has 1 rings (SSSR count). The minimum absolute atomic E-state index is 0.0238. The zero-order chi connectivity index (χ0) is 21.0. The molecule has 0 aliphatic rings. The van der Waals surface area contributed by atoms with E-state index in [4.69, 9.17) is 4.74 Å². The van der Waals surface area contributed by atoms with E-state index >= 15 is 0 Å². The quantitative estimate of drug-likeness (QED) is 0.279. The molecular weight excluding hydrogens is 355 g/mol. The molecule has 0 aromatic heterocycles. The average Bonchev–Trinajstić information content (AvgIpc) is 2.48. The highest BCUT2D eigenvalue weighted by Gasteiger charge is 2.28. The second-order valence-corrected chi connectivity index (χ2v) is 10.7. The molecule has 150 valence electrons. The summed E-state index contributed by atoms with van der Waals surface area (Å²) in [5, 5.41) is 5.09. The van der Waals surface area contributed by atoms with Crippen LogP contribution in [0.2, 0.25) is 0 Å². The molecule has 1 aromatic carbocycles. The Balaban J connectivity index is 3.58. The number of hydrogen-bond acceptors (Lipinski definition) is 3. The molecule has 0 N–H and O–H groups in total. The van der Waals surface area contributed by atoms with Crippen LogP contribution in [0.5, 0.6) is 0 Å². The summed E-state index contributed by atoms with van der Waals surface area (Å²) in [5.74, 6) is -0.466. The predicted molar refractivity (Wildman–Crippen MR) is 117 cm³/mol. The van der Waals surface area contributed by atoms with Crippen LogP contribution in [0.4, 0.5) is 0 Å². The van der Waals surface area contributed by atoms with Gasteiger partial charge < -0.3 is 4.74 Å². The predicted octanol–water partition coefficient (Wildman–Crippen LogP) is 5.88. The Morgan fingerprint density at radius 3 is 1.81 bits per heavy atom. The number of carbonyl (C=O) groups is 1. The van der Waals surface area contributed by atoms with E-state index in [0.29, 0.717) is 6.61 Å². The fourth-order valence-electron chi connectivity index (χ4n) is 2.64. The second kappa shape index (κ2) is 8.65. The highest BCUT2D eigenvalue weighted by Crippen LogP contribution is 2.35. The molecule has 0 saturated heterocycles. The molecule has 0 heterocycles. The lowest BCUT2D eigenvalue weighted by atomic mass is 9.75. The van der Waals surface area contributed by atoms with Gasteiger partial charge in [-0.1, -0.05) is 74.4 Å². The lowest BCUT2D eigenvalue weighted by molar-refractivity contribution is -0.134. The molecule has 4 nitrogen and oxygen atoms in total. The van der Waals surface area contributed by atoms with Crippen molar-refractivity contribution in [3.8, 4) is 0 Å². The standard InChI is InChI=1S/C22H35N2O2P/c1-11-26-18(25)14-23-24-27-19-16(21(5,6)7)12-15(20(2,3)4)13-17(19)22(8,9)10/h12-14H,11H2,1-10H3/b23-14+. The van der Waals surface area contributed by atoms with Crippen LogP contribution in [0.3, 0.4) is 0 Å². The minimum Gasteiger partial charge on any atom is -0.462 e. The van der Waals surface area contributed by atoms with E-state index in [1.54, 1.807) is 6.92 Å². The van der Waals surface area contributed by atoms with Gasteiger partial charge >= 0.3 is 5.97 Å². The normalized spacial score (nSPS) is 13.6. The maximum atomic E-state index is 11.4. The fraction of sp³-hybridized carbons (Fsp3) is 0.636. The third-order valence-corrected chi connectivity index (χ3v) is 5.11. The van der Waals surface area contributed by atoms with Crippen LogP contribution in [0, 0.1) is 0 Å². The van der Waals surface area contributed by atoms with Gasteiger partial charge in [0.1, 0.15) is 6.21 Å². The Morgan fingerprint density at radius 2 is 1.44 bits per heavy atom.